The van der Waals surface area contributed by atoms with Gasteiger partial charge in [-0.15, -0.1) is 5.98 Å². The zero-order valence-corrected chi connectivity index (χ0v) is 6.42. The summed E-state index contributed by atoms with van der Waals surface area (Å²) in [4.78, 5) is 3.21. The SMILES string of the molecule is Fc1cc(/C=C/[B-](F)(F)F)ccn1. The average Bonchev–Trinajstić information content (AvgIpc) is 2.00. The van der Waals surface area contributed by atoms with E-state index in [9.17, 15) is 17.3 Å². The maximum atomic E-state index is 12.4. The Morgan fingerprint density at radius 2 is 2.00 bits per heavy atom. The molecule has 0 aliphatic rings. The molecule has 0 unspecified atom stereocenters. The second kappa shape index (κ2) is 3.59. The maximum Gasteiger partial charge on any atom is 0.502 e. The van der Waals surface area contributed by atoms with E-state index in [0.717, 1.165) is 18.3 Å². The van der Waals surface area contributed by atoms with Crippen molar-refractivity contribution in [2.75, 3.05) is 0 Å². The van der Waals surface area contributed by atoms with Gasteiger partial charge < -0.3 is 12.9 Å². The third-order valence-corrected chi connectivity index (χ3v) is 1.26. The average molecular weight is 190 g/mol. The number of hydrogen-bond donors (Lipinski definition) is 0. The van der Waals surface area contributed by atoms with Crippen LogP contribution in [0.5, 0.6) is 0 Å². The Morgan fingerprint density at radius 1 is 1.31 bits per heavy atom. The second-order valence-electron chi connectivity index (χ2n) is 2.40. The van der Waals surface area contributed by atoms with Gasteiger partial charge in [-0.1, -0.05) is 6.08 Å². The zero-order chi connectivity index (χ0) is 9.90. The molecule has 70 valence electrons. The summed E-state index contributed by atoms with van der Waals surface area (Å²) in [5, 5.41) is 0. The van der Waals surface area contributed by atoms with Gasteiger partial charge in [-0.25, -0.2) is 4.98 Å². The highest BCUT2D eigenvalue weighted by atomic mass is 19.4. The summed E-state index contributed by atoms with van der Waals surface area (Å²) < 4.78 is 47.5. The highest BCUT2D eigenvalue weighted by Crippen LogP contribution is 2.12. The van der Waals surface area contributed by atoms with Crippen LogP contribution in [0.1, 0.15) is 5.56 Å². The van der Waals surface area contributed by atoms with Crippen molar-refractivity contribution in [1.29, 1.82) is 0 Å². The van der Waals surface area contributed by atoms with Crippen molar-refractivity contribution in [3.63, 3.8) is 0 Å². The van der Waals surface area contributed by atoms with E-state index in [0.29, 0.717) is 0 Å². The molecule has 0 aliphatic heterocycles. The molecule has 6 heteroatoms. The normalized spacial score (nSPS) is 12.3. The summed E-state index contributed by atoms with van der Waals surface area (Å²) in [6.45, 7) is -4.96. The minimum atomic E-state index is -4.96. The van der Waals surface area contributed by atoms with Crippen LogP contribution < -0.4 is 0 Å². The van der Waals surface area contributed by atoms with Crippen LogP contribution in [-0.4, -0.2) is 12.0 Å². The molecule has 0 radical (unpaired) electrons. The summed E-state index contributed by atoms with van der Waals surface area (Å²) in [6, 6.07) is 2.22. The lowest BCUT2D eigenvalue weighted by Crippen LogP contribution is -2.09. The van der Waals surface area contributed by atoms with Crippen molar-refractivity contribution >= 4 is 13.1 Å². The van der Waals surface area contributed by atoms with Crippen LogP contribution in [0.2, 0.25) is 0 Å². The van der Waals surface area contributed by atoms with Crippen LogP contribution in [0.4, 0.5) is 17.3 Å². The lowest BCUT2D eigenvalue weighted by atomic mass is 9.91. The van der Waals surface area contributed by atoms with Gasteiger partial charge in [0.1, 0.15) is 0 Å². The number of aromatic nitrogens is 1. The molecule has 0 spiro atoms. The van der Waals surface area contributed by atoms with Gasteiger partial charge in [0.15, 0.2) is 0 Å². The van der Waals surface area contributed by atoms with E-state index in [-0.39, 0.29) is 11.5 Å². The molecule has 1 heterocycles. The third kappa shape index (κ3) is 3.73. The number of pyridine rings is 1. The van der Waals surface area contributed by atoms with Gasteiger partial charge >= 0.3 is 6.98 Å². The van der Waals surface area contributed by atoms with Gasteiger partial charge in [0.05, 0.1) is 0 Å². The largest absolute Gasteiger partial charge is 0.502 e. The molecular weight excluding hydrogens is 185 g/mol. The van der Waals surface area contributed by atoms with E-state index in [2.05, 4.69) is 4.98 Å². The van der Waals surface area contributed by atoms with E-state index in [1.54, 1.807) is 0 Å². The molecule has 0 N–H and O–H groups in total. The monoisotopic (exact) mass is 190 g/mol. The first-order valence-corrected chi connectivity index (χ1v) is 3.48. The van der Waals surface area contributed by atoms with Gasteiger partial charge in [-0.3, -0.25) is 0 Å². The van der Waals surface area contributed by atoms with E-state index in [4.69, 9.17) is 0 Å². The van der Waals surface area contributed by atoms with Gasteiger partial charge in [0.2, 0.25) is 5.95 Å². The highest BCUT2D eigenvalue weighted by Gasteiger charge is 2.16. The Bertz CT molecular complexity index is 321. The summed E-state index contributed by atoms with van der Waals surface area (Å²) in [7, 11) is 0. The summed E-state index contributed by atoms with van der Waals surface area (Å²) in [5.74, 6) is -0.689. The Balaban J connectivity index is 2.80. The van der Waals surface area contributed by atoms with Crippen molar-refractivity contribution in [2.24, 2.45) is 0 Å². The minimum absolute atomic E-state index is 0.106. The van der Waals surface area contributed by atoms with Crippen LogP contribution in [0.25, 0.3) is 6.08 Å². The first-order chi connectivity index (χ1) is 5.97. The van der Waals surface area contributed by atoms with Crippen LogP contribution in [0, 0.1) is 5.95 Å². The summed E-state index contributed by atoms with van der Waals surface area (Å²) >= 11 is 0. The van der Waals surface area contributed by atoms with E-state index >= 15 is 0 Å². The summed E-state index contributed by atoms with van der Waals surface area (Å²) in [6.07, 6.45) is 1.92. The van der Waals surface area contributed by atoms with Crippen molar-refractivity contribution in [2.45, 2.75) is 0 Å². The molecule has 0 fully saturated rings. The number of hydrogen-bond acceptors (Lipinski definition) is 1. The van der Waals surface area contributed by atoms with Gasteiger partial charge in [-0.05, 0) is 11.6 Å². The number of rotatable bonds is 2. The van der Waals surface area contributed by atoms with Crippen molar-refractivity contribution in [3.8, 4) is 0 Å². The maximum absolute atomic E-state index is 12.4. The molecule has 1 aromatic heterocycles. The first kappa shape index (κ1) is 9.76. The van der Waals surface area contributed by atoms with Crippen LogP contribution >= 0.6 is 0 Å². The highest BCUT2D eigenvalue weighted by molar-refractivity contribution is 6.64. The molecule has 1 aromatic rings. The van der Waals surface area contributed by atoms with E-state index < -0.39 is 12.9 Å². The van der Waals surface area contributed by atoms with Crippen LogP contribution in [0.3, 0.4) is 0 Å². The molecule has 1 rings (SSSR count). The quantitative estimate of drug-likeness (QED) is 0.396. The molecular formula is C7H5BF4N-. The zero-order valence-electron chi connectivity index (χ0n) is 6.42. The predicted molar refractivity (Wildman–Crippen MR) is 42.3 cm³/mol. The fourth-order valence-corrected chi connectivity index (χ4v) is 0.741. The first-order valence-electron chi connectivity index (χ1n) is 3.48. The van der Waals surface area contributed by atoms with E-state index in [1.165, 1.54) is 6.07 Å². The molecule has 0 bridgehead atoms. The smallest absolute Gasteiger partial charge is 0.445 e. The molecule has 0 atom stereocenters. The van der Waals surface area contributed by atoms with Gasteiger partial charge in [0.25, 0.3) is 0 Å². The Labute approximate surface area is 72.2 Å². The Morgan fingerprint density at radius 3 is 2.54 bits per heavy atom. The molecule has 0 amide bonds. The fraction of sp³-hybridized carbons (Fsp3) is 0. The van der Waals surface area contributed by atoms with Gasteiger partial charge in [-0.2, -0.15) is 4.39 Å². The Hall–Kier alpha value is -1.33. The Kier molecular flexibility index (Phi) is 2.70. The van der Waals surface area contributed by atoms with Crippen molar-refractivity contribution in [3.05, 3.63) is 35.8 Å². The standard InChI is InChI=1S/C7H5BF4N/c9-7-5-6(2-4-13-7)1-3-8(10,11)12/h1-5H/q-1/b3-1+. The minimum Gasteiger partial charge on any atom is -0.445 e. The third-order valence-electron chi connectivity index (χ3n) is 1.26. The lowest BCUT2D eigenvalue weighted by Gasteiger charge is -2.05. The molecule has 0 saturated heterocycles. The van der Waals surface area contributed by atoms with Gasteiger partial charge in [0, 0.05) is 12.3 Å². The molecule has 0 aromatic carbocycles. The number of halogens is 4. The molecule has 0 saturated carbocycles. The molecule has 1 nitrogen and oxygen atoms in total. The predicted octanol–water partition coefficient (Wildman–Crippen LogP) is 2.62. The van der Waals surface area contributed by atoms with E-state index in [1.807, 2.05) is 0 Å². The number of nitrogens with zero attached hydrogens (tertiary/aromatic N) is 1. The molecule has 0 aliphatic carbocycles. The lowest BCUT2D eigenvalue weighted by molar-refractivity contribution is 0.499. The fourth-order valence-electron chi connectivity index (χ4n) is 0.741. The topological polar surface area (TPSA) is 12.9 Å². The van der Waals surface area contributed by atoms with Crippen molar-refractivity contribution < 1.29 is 17.3 Å². The molecule has 13 heavy (non-hydrogen) atoms. The summed E-state index contributed by atoms with van der Waals surface area (Å²) in [5.41, 5.74) is 0.145. The second-order valence-corrected chi connectivity index (χ2v) is 2.40. The van der Waals surface area contributed by atoms with Crippen LogP contribution in [0.15, 0.2) is 24.3 Å². The van der Waals surface area contributed by atoms with Crippen molar-refractivity contribution in [1.82, 2.24) is 4.98 Å². The van der Waals surface area contributed by atoms with Crippen LogP contribution in [-0.2, 0) is 0 Å².